The normalized spacial score (nSPS) is 12.7. The van der Waals surface area contributed by atoms with Crippen LogP contribution in [0.2, 0.25) is 0 Å². The first kappa shape index (κ1) is 26.1. The molecular weight excluding hydrogens is 571 g/mol. The maximum atomic E-state index is 14.9. The molecule has 2 aromatic heterocycles. The standard InChI is InChI=1S/C43H27BN2O/c47-43-37-26-41-35(31-20-10-12-22-39(31)45(41)29-16-6-2-7-17-29)24-33(37)34-25-36-32-21-11-13-23-40(32)46(30-18-8-3-9-19-30)42(36)27-38(34)44(43)28-14-4-1-5-15-28/h1-27H. The minimum absolute atomic E-state index is 0.132. The number of rotatable bonds is 3. The Hall–Kier alpha value is -6.13. The van der Waals surface area contributed by atoms with Gasteiger partial charge in [0.15, 0.2) is 0 Å². The molecule has 47 heavy (non-hydrogen) atoms. The average Bonchev–Trinajstić information content (AvgIpc) is 3.63. The highest BCUT2D eigenvalue weighted by atomic mass is 16.1. The van der Waals surface area contributed by atoms with Gasteiger partial charge in [0.05, 0.1) is 22.1 Å². The predicted octanol–water partition coefficient (Wildman–Crippen LogP) is 8.89. The summed E-state index contributed by atoms with van der Waals surface area (Å²) in [6, 6.07) is 57.5. The Morgan fingerprint density at radius 2 is 0.851 bits per heavy atom. The van der Waals surface area contributed by atoms with Gasteiger partial charge in [-0.2, -0.15) is 0 Å². The fourth-order valence-electron chi connectivity index (χ4n) is 7.93. The number of fused-ring (bicyclic) bond motifs is 9. The van der Waals surface area contributed by atoms with Gasteiger partial charge >= 0.3 is 0 Å². The molecule has 0 N–H and O–H groups in total. The molecule has 0 aliphatic carbocycles. The maximum absolute atomic E-state index is 14.9. The molecule has 7 aromatic carbocycles. The molecule has 0 spiro atoms. The summed E-state index contributed by atoms with van der Waals surface area (Å²) in [6.07, 6.45) is 0. The van der Waals surface area contributed by atoms with Crippen molar-refractivity contribution in [3.63, 3.8) is 0 Å². The van der Waals surface area contributed by atoms with E-state index in [4.69, 9.17) is 0 Å². The first-order valence-corrected chi connectivity index (χ1v) is 16.1. The molecule has 4 heteroatoms. The molecule has 1 aliphatic heterocycles. The molecule has 3 nitrogen and oxygen atoms in total. The lowest BCUT2D eigenvalue weighted by molar-refractivity contribution is 0.107. The van der Waals surface area contributed by atoms with Crippen molar-refractivity contribution in [1.82, 2.24) is 9.13 Å². The summed E-state index contributed by atoms with van der Waals surface area (Å²) < 4.78 is 4.63. The lowest BCUT2D eigenvalue weighted by atomic mass is 9.34. The van der Waals surface area contributed by atoms with Gasteiger partial charge in [0.2, 0.25) is 0 Å². The number of hydrogen-bond acceptors (Lipinski definition) is 1. The van der Waals surface area contributed by atoms with E-state index in [1.54, 1.807) is 0 Å². The van der Waals surface area contributed by atoms with E-state index in [1.165, 1.54) is 16.2 Å². The number of hydrogen-bond donors (Lipinski definition) is 0. The Bertz CT molecular complexity index is 2690. The van der Waals surface area contributed by atoms with Crippen LogP contribution in [0.1, 0.15) is 10.4 Å². The molecule has 0 amide bonds. The zero-order valence-electron chi connectivity index (χ0n) is 25.5. The van der Waals surface area contributed by atoms with E-state index in [0.717, 1.165) is 66.4 Å². The summed E-state index contributed by atoms with van der Waals surface area (Å²) >= 11 is 0. The molecule has 0 fully saturated rings. The van der Waals surface area contributed by atoms with Gasteiger partial charge in [0.25, 0.3) is 6.71 Å². The molecule has 0 saturated heterocycles. The Morgan fingerprint density at radius 1 is 0.383 bits per heavy atom. The van der Waals surface area contributed by atoms with Gasteiger partial charge in [-0.25, -0.2) is 0 Å². The zero-order valence-corrected chi connectivity index (χ0v) is 25.5. The average molecular weight is 599 g/mol. The topological polar surface area (TPSA) is 26.9 Å². The Kier molecular flexibility index (Phi) is 5.52. The number of carbonyl (C=O) groups excluding carboxylic acids is 1. The van der Waals surface area contributed by atoms with E-state index in [0.29, 0.717) is 0 Å². The van der Waals surface area contributed by atoms with Crippen molar-refractivity contribution in [2.75, 3.05) is 0 Å². The maximum Gasteiger partial charge on any atom is 0.295 e. The molecule has 218 valence electrons. The van der Waals surface area contributed by atoms with Gasteiger partial charge < -0.3 is 13.9 Å². The third-order valence-electron chi connectivity index (χ3n) is 9.95. The number of benzene rings is 7. The molecule has 0 radical (unpaired) electrons. The number of aromatic nitrogens is 2. The lowest BCUT2D eigenvalue weighted by Crippen LogP contribution is -2.52. The fourth-order valence-corrected chi connectivity index (χ4v) is 7.93. The van der Waals surface area contributed by atoms with Gasteiger partial charge in [-0.05, 0) is 71.8 Å². The first-order valence-electron chi connectivity index (χ1n) is 16.1. The van der Waals surface area contributed by atoms with E-state index in [1.807, 2.05) is 24.3 Å². The summed E-state index contributed by atoms with van der Waals surface area (Å²) in [5, 5.41) is 4.70. The zero-order chi connectivity index (χ0) is 31.1. The van der Waals surface area contributed by atoms with Crippen molar-refractivity contribution in [1.29, 1.82) is 0 Å². The SMILES string of the molecule is O=C1B(c2ccccc2)c2cc3c(cc2-c2cc4c5ccccc5n(-c5ccccc5)c4cc21)c1ccccc1n3-c1ccccc1. The van der Waals surface area contributed by atoms with E-state index >= 15 is 0 Å². The van der Waals surface area contributed by atoms with E-state index in [-0.39, 0.29) is 5.68 Å². The van der Waals surface area contributed by atoms with Crippen molar-refractivity contribution in [2.45, 2.75) is 0 Å². The van der Waals surface area contributed by atoms with Gasteiger partial charge in [0, 0.05) is 38.5 Å². The Balaban J connectivity index is 1.34. The summed E-state index contributed by atoms with van der Waals surface area (Å²) in [7, 11) is 0. The van der Waals surface area contributed by atoms with Crippen molar-refractivity contribution < 1.29 is 4.79 Å². The molecule has 1 aliphatic rings. The summed E-state index contributed by atoms with van der Waals surface area (Å²) in [5.74, 6) is 0. The van der Waals surface area contributed by atoms with Crippen molar-refractivity contribution in [3.05, 3.63) is 169 Å². The third-order valence-corrected chi connectivity index (χ3v) is 9.95. The lowest BCUT2D eigenvalue weighted by Gasteiger charge is -2.26. The molecule has 0 bridgehead atoms. The largest absolute Gasteiger partial charge is 0.309 e. The molecule has 3 heterocycles. The van der Waals surface area contributed by atoms with Crippen LogP contribution < -0.4 is 10.9 Å². The number of carbonyl (C=O) groups is 1. The molecule has 0 saturated carbocycles. The minimum atomic E-state index is -0.419. The van der Waals surface area contributed by atoms with Gasteiger partial charge in [-0.15, -0.1) is 0 Å². The fraction of sp³-hybridized carbons (Fsp3) is 0. The molecule has 10 rings (SSSR count). The third kappa shape index (κ3) is 3.73. The van der Waals surface area contributed by atoms with Crippen LogP contribution in [0.25, 0.3) is 66.1 Å². The molecule has 0 atom stereocenters. The van der Waals surface area contributed by atoms with E-state index in [9.17, 15) is 4.79 Å². The summed E-state index contributed by atoms with van der Waals surface area (Å²) in [6.45, 7) is -0.419. The first-order chi connectivity index (χ1) is 23.3. The number of para-hydroxylation sites is 4. The summed E-state index contributed by atoms with van der Waals surface area (Å²) in [5.41, 5.74) is 11.7. The van der Waals surface area contributed by atoms with Crippen molar-refractivity contribution in [3.8, 4) is 22.5 Å². The second-order valence-corrected chi connectivity index (χ2v) is 12.5. The second-order valence-electron chi connectivity index (χ2n) is 12.5. The Morgan fingerprint density at radius 3 is 1.43 bits per heavy atom. The highest BCUT2D eigenvalue weighted by Crippen LogP contribution is 2.41. The predicted molar refractivity (Wildman–Crippen MR) is 196 cm³/mol. The van der Waals surface area contributed by atoms with Crippen molar-refractivity contribution >= 4 is 66.9 Å². The van der Waals surface area contributed by atoms with Crippen LogP contribution in [-0.4, -0.2) is 21.5 Å². The smallest absolute Gasteiger partial charge is 0.295 e. The highest BCUT2D eigenvalue weighted by Gasteiger charge is 2.38. The Labute approximate surface area is 272 Å². The van der Waals surface area contributed by atoms with E-state index in [2.05, 4.69) is 149 Å². The van der Waals surface area contributed by atoms with Gasteiger partial charge in [-0.3, -0.25) is 0 Å². The molecular formula is C43H27BN2O. The monoisotopic (exact) mass is 598 g/mol. The van der Waals surface area contributed by atoms with Gasteiger partial charge in [-0.1, -0.05) is 114 Å². The number of nitrogens with zero attached hydrogens (tertiary/aromatic N) is 2. The van der Waals surface area contributed by atoms with Crippen LogP contribution in [0.4, 0.5) is 0 Å². The quantitative estimate of drug-likeness (QED) is 0.187. The van der Waals surface area contributed by atoms with Crippen LogP contribution in [0, 0.1) is 0 Å². The van der Waals surface area contributed by atoms with Crippen LogP contribution in [0.3, 0.4) is 0 Å². The molecule has 9 aromatic rings. The van der Waals surface area contributed by atoms with Crippen LogP contribution in [-0.2, 0) is 0 Å². The minimum Gasteiger partial charge on any atom is -0.309 e. The van der Waals surface area contributed by atoms with E-state index < -0.39 is 6.71 Å². The highest BCUT2D eigenvalue weighted by molar-refractivity contribution is 7.11. The van der Waals surface area contributed by atoms with Crippen molar-refractivity contribution in [2.24, 2.45) is 0 Å². The van der Waals surface area contributed by atoms with Crippen LogP contribution >= 0.6 is 0 Å². The second kappa shape index (κ2) is 9.94. The molecule has 0 unspecified atom stereocenters. The van der Waals surface area contributed by atoms with Crippen LogP contribution in [0.15, 0.2) is 164 Å². The summed E-state index contributed by atoms with van der Waals surface area (Å²) in [4.78, 5) is 14.9. The van der Waals surface area contributed by atoms with Crippen LogP contribution in [0.5, 0.6) is 0 Å². The van der Waals surface area contributed by atoms with Gasteiger partial charge in [0.1, 0.15) is 5.68 Å².